The summed E-state index contributed by atoms with van der Waals surface area (Å²) >= 11 is 0. The summed E-state index contributed by atoms with van der Waals surface area (Å²) in [7, 11) is 0. The lowest BCUT2D eigenvalue weighted by atomic mass is 9.61. The Kier molecular flexibility index (Phi) is 2.07. The maximum absolute atomic E-state index is 12.0. The standard InChI is InChI=1S/C12H14O3/c1-7-9(13)10(14)8-5-3-4-6-12(8,2)11(7)15/h3-4,8,13H,5-6H2,1-2H3. The Balaban J connectivity index is 2.56. The molecule has 2 atom stereocenters. The Morgan fingerprint density at radius 3 is 2.73 bits per heavy atom. The maximum Gasteiger partial charge on any atom is 0.201 e. The summed E-state index contributed by atoms with van der Waals surface area (Å²) in [6.07, 6.45) is 4.99. The van der Waals surface area contributed by atoms with Crippen molar-refractivity contribution in [1.82, 2.24) is 0 Å². The molecule has 0 amide bonds. The van der Waals surface area contributed by atoms with Gasteiger partial charge in [-0.25, -0.2) is 0 Å². The van der Waals surface area contributed by atoms with Crippen molar-refractivity contribution in [1.29, 1.82) is 0 Å². The highest BCUT2D eigenvalue weighted by Crippen LogP contribution is 2.45. The number of aliphatic hydroxyl groups excluding tert-OH is 1. The summed E-state index contributed by atoms with van der Waals surface area (Å²) in [5.41, 5.74) is -0.420. The average Bonchev–Trinajstić information content (AvgIpc) is 2.24. The van der Waals surface area contributed by atoms with E-state index in [1.54, 1.807) is 0 Å². The van der Waals surface area contributed by atoms with Gasteiger partial charge in [-0.1, -0.05) is 19.1 Å². The second-order valence-corrected chi connectivity index (χ2v) is 4.55. The Hall–Kier alpha value is -1.38. The summed E-state index contributed by atoms with van der Waals surface area (Å²) in [5.74, 6) is -1.08. The Morgan fingerprint density at radius 1 is 1.40 bits per heavy atom. The number of aliphatic hydroxyl groups is 1. The van der Waals surface area contributed by atoms with Gasteiger partial charge in [0.05, 0.1) is 0 Å². The minimum atomic E-state index is -0.637. The highest BCUT2D eigenvalue weighted by molar-refractivity contribution is 6.14. The van der Waals surface area contributed by atoms with Crippen molar-refractivity contribution in [3.8, 4) is 0 Å². The molecule has 80 valence electrons. The molecular formula is C12H14O3. The van der Waals surface area contributed by atoms with Gasteiger partial charge in [0, 0.05) is 16.9 Å². The van der Waals surface area contributed by atoms with Gasteiger partial charge in [-0.2, -0.15) is 0 Å². The molecule has 2 aliphatic carbocycles. The number of allylic oxidation sites excluding steroid dienone is 4. The molecule has 2 aliphatic rings. The predicted molar refractivity (Wildman–Crippen MR) is 55.3 cm³/mol. The van der Waals surface area contributed by atoms with Crippen LogP contribution >= 0.6 is 0 Å². The predicted octanol–water partition coefficient (Wildman–Crippen LogP) is 1.94. The van der Waals surface area contributed by atoms with Gasteiger partial charge in [-0.3, -0.25) is 9.59 Å². The van der Waals surface area contributed by atoms with Crippen molar-refractivity contribution in [2.45, 2.75) is 26.7 Å². The van der Waals surface area contributed by atoms with Crippen LogP contribution < -0.4 is 0 Å². The van der Waals surface area contributed by atoms with E-state index in [4.69, 9.17) is 0 Å². The minimum Gasteiger partial charge on any atom is -0.504 e. The van der Waals surface area contributed by atoms with Gasteiger partial charge in [-0.05, 0) is 19.8 Å². The van der Waals surface area contributed by atoms with Crippen molar-refractivity contribution >= 4 is 11.6 Å². The largest absolute Gasteiger partial charge is 0.504 e. The number of carbonyl (C=O) groups excluding carboxylic acids is 2. The topological polar surface area (TPSA) is 54.4 Å². The molecular weight excluding hydrogens is 192 g/mol. The SMILES string of the molecule is CC1=C(O)C(=O)C2CC=CCC2(C)C1=O. The fourth-order valence-corrected chi connectivity index (χ4v) is 2.50. The third-order valence-corrected chi connectivity index (χ3v) is 3.61. The Bertz CT molecular complexity index is 403. The van der Waals surface area contributed by atoms with Crippen LogP contribution in [0.2, 0.25) is 0 Å². The van der Waals surface area contributed by atoms with Crippen molar-refractivity contribution in [2.75, 3.05) is 0 Å². The lowest BCUT2D eigenvalue weighted by Crippen LogP contribution is -2.46. The molecule has 3 nitrogen and oxygen atoms in total. The van der Waals surface area contributed by atoms with Crippen molar-refractivity contribution in [2.24, 2.45) is 11.3 Å². The number of Topliss-reactive ketones (excluding diaryl/α,β-unsaturated/α-hetero) is 2. The molecule has 0 spiro atoms. The molecule has 0 bridgehead atoms. The van der Waals surface area contributed by atoms with Crippen LogP contribution in [0.3, 0.4) is 0 Å². The van der Waals surface area contributed by atoms with E-state index in [1.165, 1.54) is 6.92 Å². The molecule has 2 unspecified atom stereocenters. The van der Waals surface area contributed by atoms with Crippen LogP contribution in [0.15, 0.2) is 23.5 Å². The fourth-order valence-electron chi connectivity index (χ4n) is 2.50. The maximum atomic E-state index is 12.0. The molecule has 2 rings (SSSR count). The van der Waals surface area contributed by atoms with Gasteiger partial charge in [0.15, 0.2) is 11.5 Å². The molecule has 0 saturated carbocycles. The van der Waals surface area contributed by atoms with Gasteiger partial charge in [0.25, 0.3) is 0 Å². The van der Waals surface area contributed by atoms with Crippen LogP contribution in [0.25, 0.3) is 0 Å². The Morgan fingerprint density at radius 2 is 2.07 bits per heavy atom. The van der Waals surface area contributed by atoms with Gasteiger partial charge >= 0.3 is 0 Å². The van der Waals surface area contributed by atoms with E-state index < -0.39 is 5.41 Å². The molecule has 3 heteroatoms. The molecule has 0 fully saturated rings. The second kappa shape index (κ2) is 3.05. The fraction of sp³-hybridized carbons (Fsp3) is 0.500. The van der Waals surface area contributed by atoms with E-state index in [2.05, 4.69) is 0 Å². The number of ketones is 2. The van der Waals surface area contributed by atoms with Crippen LogP contribution in [0.5, 0.6) is 0 Å². The van der Waals surface area contributed by atoms with E-state index in [0.29, 0.717) is 12.8 Å². The summed E-state index contributed by atoms with van der Waals surface area (Å²) < 4.78 is 0. The molecule has 1 N–H and O–H groups in total. The van der Waals surface area contributed by atoms with Crippen LogP contribution in [0, 0.1) is 11.3 Å². The molecule has 0 aromatic heterocycles. The van der Waals surface area contributed by atoms with E-state index in [0.717, 1.165) is 0 Å². The number of fused-ring (bicyclic) bond motifs is 1. The van der Waals surface area contributed by atoms with Crippen molar-refractivity contribution in [3.05, 3.63) is 23.5 Å². The van der Waals surface area contributed by atoms with Crippen molar-refractivity contribution in [3.63, 3.8) is 0 Å². The lowest BCUT2D eigenvalue weighted by molar-refractivity contribution is -0.138. The zero-order chi connectivity index (χ0) is 11.2. The number of hydrogen-bond acceptors (Lipinski definition) is 3. The second-order valence-electron chi connectivity index (χ2n) is 4.55. The van der Waals surface area contributed by atoms with E-state index in [9.17, 15) is 14.7 Å². The molecule has 0 radical (unpaired) electrons. The number of rotatable bonds is 0. The smallest absolute Gasteiger partial charge is 0.201 e. The summed E-state index contributed by atoms with van der Waals surface area (Å²) in [4.78, 5) is 23.9. The van der Waals surface area contributed by atoms with Crippen LogP contribution in [-0.2, 0) is 9.59 Å². The van der Waals surface area contributed by atoms with Crippen LogP contribution in [-0.4, -0.2) is 16.7 Å². The molecule has 15 heavy (non-hydrogen) atoms. The molecule has 0 heterocycles. The first-order chi connectivity index (χ1) is 6.98. The van der Waals surface area contributed by atoms with Crippen LogP contribution in [0.1, 0.15) is 26.7 Å². The van der Waals surface area contributed by atoms with E-state index >= 15 is 0 Å². The lowest BCUT2D eigenvalue weighted by Gasteiger charge is -2.39. The van der Waals surface area contributed by atoms with E-state index in [1.807, 2.05) is 19.1 Å². The average molecular weight is 206 g/mol. The highest BCUT2D eigenvalue weighted by Gasteiger charge is 2.50. The highest BCUT2D eigenvalue weighted by atomic mass is 16.3. The molecule has 0 aliphatic heterocycles. The first-order valence-electron chi connectivity index (χ1n) is 5.12. The third-order valence-electron chi connectivity index (χ3n) is 3.61. The monoisotopic (exact) mass is 206 g/mol. The number of hydrogen-bond donors (Lipinski definition) is 1. The van der Waals surface area contributed by atoms with Crippen LogP contribution in [0.4, 0.5) is 0 Å². The zero-order valence-corrected chi connectivity index (χ0v) is 8.91. The Labute approximate surface area is 88.5 Å². The van der Waals surface area contributed by atoms with Gasteiger partial charge in [0.1, 0.15) is 0 Å². The molecule has 0 saturated heterocycles. The quantitative estimate of drug-likeness (QED) is 0.616. The number of carbonyl (C=O) groups is 2. The molecule has 0 aromatic rings. The zero-order valence-electron chi connectivity index (χ0n) is 8.91. The third kappa shape index (κ3) is 1.19. The van der Waals surface area contributed by atoms with E-state index in [-0.39, 0.29) is 28.8 Å². The normalized spacial score (nSPS) is 35.7. The summed E-state index contributed by atoms with van der Waals surface area (Å²) in [6.45, 7) is 3.34. The summed E-state index contributed by atoms with van der Waals surface area (Å²) in [5, 5.41) is 9.56. The van der Waals surface area contributed by atoms with Gasteiger partial charge in [-0.15, -0.1) is 0 Å². The van der Waals surface area contributed by atoms with Gasteiger partial charge < -0.3 is 5.11 Å². The first-order valence-corrected chi connectivity index (χ1v) is 5.12. The summed E-state index contributed by atoms with van der Waals surface area (Å²) in [6, 6.07) is 0. The first kappa shape index (κ1) is 10.1. The van der Waals surface area contributed by atoms with Crippen molar-refractivity contribution < 1.29 is 14.7 Å². The molecule has 0 aromatic carbocycles. The van der Waals surface area contributed by atoms with Gasteiger partial charge in [0.2, 0.25) is 5.78 Å². The minimum absolute atomic E-state index is 0.0889.